The molecule has 28 heavy (non-hydrogen) atoms. The van der Waals surface area contributed by atoms with Crippen molar-refractivity contribution in [1.82, 2.24) is 19.7 Å². The number of hydrogen-bond donors (Lipinski definition) is 1. The van der Waals surface area contributed by atoms with E-state index >= 15 is 0 Å². The quantitative estimate of drug-likeness (QED) is 0.731. The van der Waals surface area contributed by atoms with Crippen LogP contribution in [0.1, 0.15) is 31.4 Å². The smallest absolute Gasteiger partial charge is 0.228 e. The van der Waals surface area contributed by atoms with Crippen LogP contribution < -0.4 is 10.2 Å². The fraction of sp³-hybridized carbons (Fsp3) is 0.263. The Morgan fingerprint density at radius 3 is 2.68 bits per heavy atom. The third-order valence-electron chi connectivity index (χ3n) is 4.59. The molecule has 1 fully saturated rings. The van der Waals surface area contributed by atoms with Gasteiger partial charge in [-0.2, -0.15) is 10.1 Å². The van der Waals surface area contributed by atoms with E-state index in [1.165, 1.54) is 17.0 Å². The molecule has 2 aromatic heterocycles. The van der Waals surface area contributed by atoms with Gasteiger partial charge in [-0.1, -0.05) is 0 Å². The second-order valence-electron chi connectivity index (χ2n) is 6.57. The van der Waals surface area contributed by atoms with Crippen molar-refractivity contribution < 1.29 is 13.6 Å². The SMILES string of the molecule is CC(Nc1ncc(F)c(N2CCCC2=O)n1)c1cnn(-c2ccc(F)cc2)c1. The summed E-state index contributed by atoms with van der Waals surface area (Å²) in [6.07, 6.45) is 5.62. The van der Waals surface area contributed by atoms with E-state index in [4.69, 9.17) is 0 Å². The summed E-state index contributed by atoms with van der Waals surface area (Å²) in [6.45, 7) is 2.34. The van der Waals surface area contributed by atoms with Crippen LogP contribution in [0.3, 0.4) is 0 Å². The monoisotopic (exact) mass is 384 g/mol. The van der Waals surface area contributed by atoms with Crippen molar-refractivity contribution in [2.75, 3.05) is 16.8 Å². The molecule has 0 radical (unpaired) electrons. The minimum absolute atomic E-state index is 0.00536. The van der Waals surface area contributed by atoms with Crippen LogP contribution in [-0.2, 0) is 4.79 Å². The number of carbonyl (C=O) groups is 1. The molecule has 0 bridgehead atoms. The molecule has 3 heterocycles. The van der Waals surface area contributed by atoms with Crippen LogP contribution in [0.15, 0.2) is 42.9 Å². The Hall–Kier alpha value is -3.36. The number of rotatable bonds is 5. The van der Waals surface area contributed by atoms with Crippen molar-refractivity contribution >= 4 is 17.7 Å². The minimum Gasteiger partial charge on any atom is -0.348 e. The van der Waals surface area contributed by atoms with E-state index < -0.39 is 5.82 Å². The van der Waals surface area contributed by atoms with Crippen molar-refractivity contribution in [3.63, 3.8) is 0 Å². The van der Waals surface area contributed by atoms with Gasteiger partial charge in [0.2, 0.25) is 11.9 Å². The molecule has 1 saturated heterocycles. The van der Waals surface area contributed by atoms with Gasteiger partial charge in [0.1, 0.15) is 5.82 Å². The van der Waals surface area contributed by atoms with Crippen LogP contribution in [0.2, 0.25) is 0 Å². The van der Waals surface area contributed by atoms with Gasteiger partial charge in [-0.3, -0.25) is 9.69 Å². The fourth-order valence-corrected chi connectivity index (χ4v) is 3.06. The Labute approximate surface area is 160 Å². The summed E-state index contributed by atoms with van der Waals surface area (Å²) in [4.78, 5) is 21.4. The lowest BCUT2D eigenvalue weighted by Gasteiger charge is -2.17. The van der Waals surface area contributed by atoms with Crippen molar-refractivity contribution in [1.29, 1.82) is 0 Å². The molecule has 1 atom stereocenters. The van der Waals surface area contributed by atoms with E-state index in [-0.39, 0.29) is 29.5 Å². The zero-order valence-corrected chi connectivity index (χ0v) is 15.1. The van der Waals surface area contributed by atoms with E-state index in [2.05, 4.69) is 20.4 Å². The molecule has 1 unspecified atom stereocenters. The summed E-state index contributed by atoms with van der Waals surface area (Å²) >= 11 is 0. The van der Waals surface area contributed by atoms with Crippen LogP contribution in [0.5, 0.6) is 0 Å². The number of halogens is 2. The van der Waals surface area contributed by atoms with E-state index in [9.17, 15) is 13.6 Å². The average Bonchev–Trinajstić information content (AvgIpc) is 3.33. The zero-order valence-electron chi connectivity index (χ0n) is 15.1. The van der Waals surface area contributed by atoms with E-state index in [0.29, 0.717) is 19.4 Å². The van der Waals surface area contributed by atoms with Gasteiger partial charge in [-0.05, 0) is 37.6 Å². The Morgan fingerprint density at radius 1 is 1.18 bits per heavy atom. The maximum Gasteiger partial charge on any atom is 0.228 e. The Kier molecular flexibility index (Phi) is 4.72. The molecular weight excluding hydrogens is 366 g/mol. The molecule has 9 heteroatoms. The van der Waals surface area contributed by atoms with Crippen molar-refractivity contribution in [3.05, 3.63) is 60.1 Å². The second kappa shape index (κ2) is 7.34. The van der Waals surface area contributed by atoms with Gasteiger partial charge < -0.3 is 5.32 Å². The average molecular weight is 384 g/mol. The van der Waals surface area contributed by atoms with E-state index in [1.54, 1.807) is 29.2 Å². The lowest BCUT2D eigenvalue weighted by molar-refractivity contribution is -0.117. The molecule has 1 aliphatic heterocycles. The first-order valence-corrected chi connectivity index (χ1v) is 8.91. The van der Waals surface area contributed by atoms with Crippen LogP contribution in [0.4, 0.5) is 20.5 Å². The zero-order chi connectivity index (χ0) is 19.7. The number of nitrogens with one attached hydrogen (secondary N) is 1. The van der Waals surface area contributed by atoms with Crippen LogP contribution in [-0.4, -0.2) is 32.2 Å². The topological polar surface area (TPSA) is 75.9 Å². The number of aromatic nitrogens is 4. The maximum absolute atomic E-state index is 14.1. The van der Waals surface area contributed by atoms with Gasteiger partial charge in [0.05, 0.1) is 24.1 Å². The Morgan fingerprint density at radius 2 is 1.96 bits per heavy atom. The fourth-order valence-electron chi connectivity index (χ4n) is 3.06. The van der Waals surface area contributed by atoms with Crippen molar-refractivity contribution in [2.45, 2.75) is 25.8 Å². The number of hydrogen-bond acceptors (Lipinski definition) is 5. The standard InChI is InChI=1S/C19H18F2N6O/c1-12(13-9-23-27(11-13)15-6-4-14(20)5-7-15)24-19-22-10-16(21)18(25-19)26-8-2-3-17(26)28/h4-7,9-12H,2-3,8H2,1H3,(H,22,24,25). The summed E-state index contributed by atoms with van der Waals surface area (Å²) in [5.74, 6) is -0.867. The molecule has 1 aliphatic rings. The van der Waals surface area contributed by atoms with Crippen molar-refractivity contribution in [2.24, 2.45) is 0 Å². The molecule has 1 amide bonds. The molecule has 0 saturated carbocycles. The second-order valence-corrected chi connectivity index (χ2v) is 6.57. The summed E-state index contributed by atoms with van der Waals surface area (Å²) in [5, 5.41) is 7.38. The van der Waals surface area contributed by atoms with Crippen LogP contribution in [0.25, 0.3) is 5.69 Å². The predicted octanol–water partition coefficient (Wildman–Crippen LogP) is 3.24. The van der Waals surface area contributed by atoms with Gasteiger partial charge >= 0.3 is 0 Å². The molecule has 0 aliphatic carbocycles. The van der Waals surface area contributed by atoms with Crippen LogP contribution in [0, 0.1) is 11.6 Å². The van der Waals surface area contributed by atoms with Gasteiger partial charge in [0, 0.05) is 24.7 Å². The summed E-state index contributed by atoms with van der Waals surface area (Å²) < 4.78 is 28.8. The first kappa shape index (κ1) is 18.0. The highest BCUT2D eigenvalue weighted by atomic mass is 19.1. The third kappa shape index (κ3) is 3.55. The molecule has 3 aromatic rings. The maximum atomic E-state index is 14.1. The third-order valence-corrected chi connectivity index (χ3v) is 4.59. The predicted molar refractivity (Wildman–Crippen MR) is 99.1 cm³/mol. The lowest BCUT2D eigenvalue weighted by atomic mass is 10.2. The van der Waals surface area contributed by atoms with Gasteiger partial charge in [0.15, 0.2) is 11.6 Å². The molecule has 1 aromatic carbocycles. The number of nitrogens with zero attached hydrogens (tertiary/aromatic N) is 5. The number of carbonyl (C=O) groups excluding carboxylic acids is 1. The van der Waals surface area contributed by atoms with Gasteiger partial charge in [0.25, 0.3) is 0 Å². The first-order valence-electron chi connectivity index (χ1n) is 8.91. The highest BCUT2D eigenvalue weighted by Crippen LogP contribution is 2.24. The minimum atomic E-state index is -0.627. The summed E-state index contributed by atoms with van der Waals surface area (Å²) in [6, 6.07) is 5.78. The Balaban J connectivity index is 1.52. The van der Waals surface area contributed by atoms with E-state index in [1.807, 2.05) is 6.92 Å². The van der Waals surface area contributed by atoms with E-state index in [0.717, 1.165) is 17.4 Å². The highest BCUT2D eigenvalue weighted by molar-refractivity contribution is 5.94. The molecule has 1 N–H and O–H groups in total. The summed E-state index contributed by atoms with van der Waals surface area (Å²) in [7, 11) is 0. The van der Waals surface area contributed by atoms with Crippen LogP contribution >= 0.6 is 0 Å². The van der Waals surface area contributed by atoms with Crippen molar-refractivity contribution in [3.8, 4) is 5.69 Å². The highest BCUT2D eigenvalue weighted by Gasteiger charge is 2.26. The number of anilines is 2. The first-order chi connectivity index (χ1) is 13.5. The Bertz CT molecular complexity index is 1000. The summed E-state index contributed by atoms with van der Waals surface area (Å²) in [5.41, 5.74) is 1.57. The van der Waals surface area contributed by atoms with Gasteiger partial charge in [-0.25, -0.2) is 18.4 Å². The number of benzene rings is 1. The van der Waals surface area contributed by atoms with Gasteiger partial charge in [-0.15, -0.1) is 0 Å². The molecule has 4 rings (SSSR count). The molecule has 7 nitrogen and oxygen atoms in total. The normalized spacial score (nSPS) is 15.1. The number of amides is 1. The molecular formula is C19H18F2N6O. The molecule has 0 spiro atoms. The lowest BCUT2D eigenvalue weighted by Crippen LogP contribution is -2.26. The molecule has 144 valence electrons. The largest absolute Gasteiger partial charge is 0.348 e.